The molecule has 1 aromatic carbocycles. The summed E-state index contributed by atoms with van der Waals surface area (Å²) in [4.78, 5) is 17.4. The van der Waals surface area contributed by atoms with E-state index in [1.807, 2.05) is 29.6 Å². The summed E-state index contributed by atoms with van der Waals surface area (Å²) in [5.74, 6) is 0.505. The van der Waals surface area contributed by atoms with Crippen molar-refractivity contribution in [3.05, 3.63) is 69.5 Å². The lowest BCUT2D eigenvalue weighted by Gasteiger charge is -2.14. The number of rotatable bonds is 5. The first-order chi connectivity index (χ1) is 12.0. The number of hydrogen-bond acceptors (Lipinski definition) is 4. The van der Waals surface area contributed by atoms with Gasteiger partial charge in [-0.3, -0.25) is 4.79 Å². The predicted molar refractivity (Wildman–Crippen MR) is 105 cm³/mol. The smallest absolute Gasteiger partial charge is 0.230 e. The molecule has 0 saturated carbocycles. The molecule has 2 aromatic heterocycles. The van der Waals surface area contributed by atoms with Crippen molar-refractivity contribution in [2.45, 2.75) is 27.2 Å². The minimum absolute atomic E-state index is 0.0547. The van der Waals surface area contributed by atoms with Gasteiger partial charge in [-0.1, -0.05) is 23.8 Å². The topological polar surface area (TPSA) is 54.0 Å². The Morgan fingerprint density at radius 2 is 1.88 bits per heavy atom. The van der Waals surface area contributed by atoms with Gasteiger partial charge in [0.1, 0.15) is 5.82 Å². The molecule has 2 N–H and O–H groups in total. The highest BCUT2D eigenvalue weighted by Gasteiger charge is 2.07. The van der Waals surface area contributed by atoms with Gasteiger partial charge in [0.15, 0.2) is 0 Å². The van der Waals surface area contributed by atoms with Crippen molar-refractivity contribution in [3.8, 4) is 0 Å². The molecule has 0 aliphatic heterocycles. The Kier molecular flexibility index (Phi) is 5.14. The summed E-state index contributed by atoms with van der Waals surface area (Å²) in [5, 5.41) is 8.21. The van der Waals surface area contributed by atoms with E-state index in [0.29, 0.717) is 12.2 Å². The van der Waals surface area contributed by atoms with Crippen LogP contribution in [0.3, 0.4) is 0 Å². The third kappa shape index (κ3) is 4.45. The Morgan fingerprint density at radius 3 is 2.48 bits per heavy atom. The third-order valence-corrected chi connectivity index (χ3v) is 4.77. The summed E-state index contributed by atoms with van der Waals surface area (Å²) in [5.41, 5.74) is 5.65. The van der Waals surface area contributed by atoms with Gasteiger partial charge in [-0.25, -0.2) is 4.98 Å². The Balaban J connectivity index is 1.65. The van der Waals surface area contributed by atoms with E-state index in [1.165, 1.54) is 16.7 Å². The van der Waals surface area contributed by atoms with Gasteiger partial charge in [-0.2, -0.15) is 0 Å². The number of amides is 1. The summed E-state index contributed by atoms with van der Waals surface area (Å²) in [6, 6.07) is 11.9. The Labute approximate surface area is 151 Å². The molecule has 0 atom stereocenters. The highest BCUT2D eigenvalue weighted by Crippen LogP contribution is 2.26. The number of nitrogens with zero attached hydrogens (tertiary/aromatic N) is 1. The van der Waals surface area contributed by atoms with E-state index in [9.17, 15) is 4.79 Å². The molecule has 0 aliphatic rings. The third-order valence-electron chi connectivity index (χ3n) is 3.89. The van der Waals surface area contributed by atoms with Crippen LogP contribution in [-0.4, -0.2) is 10.9 Å². The lowest BCUT2D eigenvalue weighted by molar-refractivity contribution is -0.115. The SMILES string of the molecule is Cc1cc(C)c(Nc2ccc(NC(=O)Cc3cccs3)nc2)c(C)c1. The molecule has 2 heterocycles. The fourth-order valence-corrected chi connectivity index (χ4v) is 3.53. The molecule has 0 unspecified atom stereocenters. The van der Waals surface area contributed by atoms with E-state index in [4.69, 9.17) is 0 Å². The maximum Gasteiger partial charge on any atom is 0.230 e. The number of aryl methyl sites for hydroxylation is 3. The average molecular weight is 351 g/mol. The molecule has 0 aliphatic carbocycles. The number of carbonyl (C=O) groups is 1. The number of thiophene rings is 1. The zero-order chi connectivity index (χ0) is 17.8. The maximum atomic E-state index is 12.0. The van der Waals surface area contributed by atoms with Crippen molar-refractivity contribution in [3.63, 3.8) is 0 Å². The second kappa shape index (κ2) is 7.49. The molecular formula is C20H21N3OS. The van der Waals surface area contributed by atoms with Crippen LogP contribution < -0.4 is 10.6 Å². The monoisotopic (exact) mass is 351 g/mol. The molecular weight excluding hydrogens is 330 g/mol. The van der Waals surface area contributed by atoms with Crippen LogP contribution in [0.4, 0.5) is 17.2 Å². The van der Waals surface area contributed by atoms with Gasteiger partial charge in [0.05, 0.1) is 18.3 Å². The van der Waals surface area contributed by atoms with E-state index < -0.39 is 0 Å². The van der Waals surface area contributed by atoms with Crippen LogP contribution in [0.25, 0.3) is 0 Å². The minimum Gasteiger partial charge on any atom is -0.354 e. The van der Waals surface area contributed by atoms with E-state index >= 15 is 0 Å². The second-order valence-electron chi connectivity index (χ2n) is 6.14. The average Bonchev–Trinajstić information content (AvgIpc) is 3.05. The van der Waals surface area contributed by atoms with Crippen LogP contribution in [0.15, 0.2) is 48.0 Å². The van der Waals surface area contributed by atoms with Crippen LogP contribution in [0.5, 0.6) is 0 Å². The van der Waals surface area contributed by atoms with Crippen LogP contribution >= 0.6 is 11.3 Å². The van der Waals surface area contributed by atoms with Crippen LogP contribution in [0.2, 0.25) is 0 Å². The minimum atomic E-state index is -0.0547. The Bertz CT molecular complexity index is 847. The van der Waals surface area contributed by atoms with Crippen molar-refractivity contribution in [1.29, 1.82) is 0 Å². The van der Waals surface area contributed by atoms with Crippen molar-refractivity contribution in [2.75, 3.05) is 10.6 Å². The highest BCUT2D eigenvalue weighted by molar-refractivity contribution is 7.10. The largest absolute Gasteiger partial charge is 0.354 e. The highest BCUT2D eigenvalue weighted by atomic mass is 32.1. The first-order valence-corrected chi connectivity index (χ1v) is 9.02. The van der Waals surface area contributed by atoms with Crippen LogP contribution in [0.1, 0.15) is 21.6 Å². The van der Waals surface area contributed by atoms with Gasteiger partial charge in [-0.15, -0.1) is 11.3 Å². The molecule has 0 bridgehead atoms. The standard InChI is InChI=1S/C20H21N3OS/c1-13-9-14(2)20(15(3)10-13)22-16-6-7-18(21-12-16)23-19(24)11-17-5-4-8-25-17/h4-10,12,22H,11H2,1-3H3,(H,21,23,24). The summed E-state index contributed by atoms with van der Waals surface area (Å²) < 4.78 is 0. The van der Waals surface area contributed by atoms with Gasteiger partial charge in [-0.05, 0) is 55.5 Å². The lowest BCUT2D eigenvalue weighted by Crippen LogP contribution is -2.14. The molecule has 4 nitrogen and oxygen atoms in total. The van der Waals surface area contributed by atoms with Crippen molar-refractivity contribution in [2.24, 2.45) is 0 Å². The van der Waals surface area contributed by atoms with Gasteiger partial charge in [0, 0.05) is 10.6 Å². The first kappa shape index (κ1) is 17.2. The molecule has 25 heavy (non-hydrogen) atoms. The summed E-state index contributed by atoms with van der Waals surface area (Å²) in [6.07, 6.45) is 2.11. The Morgan fingerprint density at radius 1 is 1.12 bits per heavy atom. The normalized spacial score (nSPS) is 10.5. The van der Waals surface area contributed by atoms with Crippen molar-refractivity contribution < 1.29 is 4.79 Å². The molecule has 0 saturated heterocycles. The second-order valence-corrected chi connectivity index (χ2v) is 7.17. The number of benzene rings is 1. The predicted octanol–water partition coefficient (Wildman–Crippen LogP) is 4.99. The van der Waals surface area contributed by atoms with Crippen LogP contribution in [-0.2, 0) is 11.2 Å². The summed E-state index contributed by atoms with van der Waals surface area (Å²) >= 11 is 1.58. The zero-order valence-electron chi connectivity index (χ0n) is 14.6. The zero-order valence-corrected chi connectivity index (χ0v) is 15.4. The molecule has 5 heteroatoms. The number of pyridine rings is 1. The molecule has 128 valence electrons. The number of nitrogens with one attached hydrogen (secondary N) is 2. The van der Waals surface area contributed by atoms with E-state index in [-0.39, 0.29) is 5.91 Å². The van der Waals surface area contributed by atoms with Gasteiger partial charge >= 0.3 is 0 Å². The quantitative estimate of drug-likeness (QED) is 0.680. The molecule has 0 spiro atoms. The molecule has 3 aromatic rings. The van der Waals surface area contributed by atoms with Crippen molar-refractivity contribution in [1.82, 2.24) is 4.98 Å². The van der Waals surface area contributed by atoms with E-state index in [2.05, 4.69) is 48.5 Å². The van der Waals surface area contributed by atoms with Crippen molar-refractivity contribution >= 4 is 34.4 Å². The number of aromatic nitrogens is 1. The number of anilines is 3. The summed E-state index contributed by atoms with van der Waals surface area (Å²) in [6.45, 7) is 6.28. The summed E-state index contributed by atoms with van der Waals surface area (Å²) in [7, 11) is 0. The fourth-order valence-electron chi connectivity index (χ4n) is 2.82. The molecule has 0 fully saturated rings. The molecule has 1 amide bonds. The molecule has 0 radical (unpaired) electrons. The van der Waals surface area contributed by atoms with Gasteiger partial charge in [0.2, 0.25) is 5.91 Å². The Hall–Kier alpha value is -2.66. The van der Waals surface area contributed by atoms with Crippen LogP contribution in [0, 0.1) is 20.8 Å². The number of hydrogen-bond donors (Lipinski definition) is 2. The lowest BCUT2D eigenvalue weighted by atomic mass is 10.0. The number of carbonyl (C=O) groups excluding carboxylic acids is 1. The van der Waals surface area contributed by atoms with Gasteiger partial charge in [0.25, 0.3) is 0 Å². The van der Waals surface area contributed by atoms with E-state index in [0.717, 1.165) is 16.3 Å². The maximum absolute atomic E-state index is 12.0. The molecule has 3 rings (SSSR count). The van der Waals surface area contributed by atoms with Gasteiger partial charge < -0.3 is 10.6 Å². The van der Waals surface area contributed by atoms with E-state index in [1.54, 1.807) is 17.5 Å². The first-order valence-electron chi connectivity index (χ1n) is 8.14. The fraction of sp³-hybridized carbons (Fsp3) is 0.200.